The van der Waals surface area contributed by atoms with Gasteiger partial charge in [0.05, 0.1) is 19.6 Å². The molecule has 17 heavy (non-hydrogen) atoms. The third kappa shape index (κ3) is 9.06. The van der Waals surface area contributed by atoms with E-state index in [-0.39, 0.29) is 17.4 Å². The molecule has 1 atom stereocenters. The zero-order valence-electron chi connectivity index (χ0n) is 10.9. The first-order chi connectivity index (χ1) is 7.82. The van der Waals surface area contributed by atoms with Crippen molar-refractivity contribution in [2.45, 2.75) is 40.2 Å². The molecule has 0 amide bonds. The average molecular weight is 262 g/mol. The second-order valence-corrected chi connectivity index (χ2v) is 5.28. The van der Waals surface area contributed by atoms with Gasteiger partial charge in [-0.05, 0) is 24.1 Å². The standard InChI is InChI=1S/C12H22O4S/c1-8(2)6-15-11(17)5-10(13)12(14)16-7-9(3)4/h8-10,13H,5-7H2,1-4H3. The first-order valence-corrected chi connectivity index (χ1v) is 6.24. The fourth-order valence-corrected chi connectivity index (χ4v) is 1.13. The quantitative estimate of drug-likeness (QED) is 0.561. The second kappa shape index (κ2) is 8.42. The van der Waals surface area contributed by atoms with Crippen LogP contribution in [0.15, 0.2) is 0 Å². The highest BCUT2D eigenvalue weighted by molar-refractivity contribution is 7.80. The van der Waals surface area contributed by atoms with Crippen molar-refractivity contribution in [1.29, 1.82) is 0 Å². The summed E-state index contributed by atoms with van der Waals surface area (Å²) in [5.74, 6) is -0.0394. The van der Waals surface area contributed by atoms with Crippen molar-refractivity contribution in [3.63, 3.8) is 0 Å². The van der Waals surface area contributed by atoms with Crippen LogP contribution in [0.1, 0.15) is 34.1 Å². The van der Waals surface area contributed by atoms with Crippen molar-refractivity contribution in [2.75, 3.05) is 13.2 Å². The molecule has 0 aromatic rings. The van der Waals surface area contributed by atoms with Crippen LogP contribution >= 0.6 is 12.2 Å². The summed E-state index contributed by atoms with van der Waals surface area (Å²) in [5.41, 5.74) is 0. The van der Waals surface area contributed by atoms with Gasteiger partial charge in [-0.1, -0.05) is 27.7 Å². The lowest BCUT2D eigenvalue weighted by Crippen LogP contribution is -2.27. The molecular formula is C12H22O4S. The first-order valence-electron chi connectivity index (χ1n) is 5.83. The molecule has 100 valence electrons. The molecule has 0 aliphatic carbocycles. The normalized spacial score (nSPS) is 12.6. The minimum atomic E-state index is -1.23. The summed E-state index contributed by atoms with van der Waals surface area (Å²) in [4.78, 5) is 11.3. The lowest BCUT2D eigenvalue weighted by atomic mass is 10.2. The molecule has 1 N–H and O–H groups in total. The predicted octanol–water partition coefficient (Wildman–Crippen LogP) is 1.94. The van der Waals surface area contributed by atoms with Gasteiger partial charge in [-0.2, -0.15) is 0 Å². The van der Waals surface area contributed by atoms with Crippen LogP contribution in [0, 0.1) is 11.8 Å². The van der Waals surface area contributed by atoms with E-state index in [2.05, 4.69) is 0 Å². The van der Waals surface area contributed by atoms with Gasteiger partial charge in [-0.25, -0.2) is 4.79 Å². The van der Waals surface area contributed by atoms with Crippen LogP contribution in [0.3, 0.4) is 0 Å². The molecule has 5 heteroatoms. The van der Waals surface area contributed by atoms with Crippen LogP contribution in [-0.4, -0.2) is 35.4 Å². The molecular weight excluding hydrogens is 240 g/mol. The summed E-state index contributed by atoms with van der Waals surface area (Å²) in [5, 5.41) is 9.77. The summed E-state index contributed by atoms with van der Waals surface area (Å²) in [6, 6.07) is 0. The Balaban J connectivity index is 3.86. The van der Waals surface area contributed by atoms with E-state index in [9.17, 15) is 9.90 Å². The number of carbonyl (C=O) groups is 1. The van der Waals surface area contributed by atoms with E-state index in [1.165, 1.54) is 0 Å². The number of aliphatic hydroxyl groups is 1. The van der Waals surface area contributed by atoms with E-state index in [0.717, 1.165) is 0 Å². The van der Waals surface area contributed by atoms with Gasteiger partial charge in [0.2, 0.25) is 0 Å². The monoisotopic (exact) mass is 262 g/mol. The Morgan fingerprint density at radius 3 is 2.06 bits per heavy atom. The van der Waals surface area contributed by atoms with Gasteiger partial charge in [0.1, 0.15) is 0 Å². The van der Waals surface area contributed by atoms with Crippen molar-refractivity contribution >= 4 is 23.2 Å². The van der Waals surface area contributed by atoms with Crippen molar-refractivity contribution in [3.05, 3.63) is 0 Å². The van der Waals surface area contributed by atoms with Gasteiger partial charge >= 0.3 is 5.97 Å². The lowest BCUT2D eigenvalue weighted by Gasteiger charge is -2.14. The zero-order valence-corrected chi connectivity index (χ0v) is 11.8. The van der Waals surface area contributed by atoms with Crippen molar-refractivity contribution < 1.29 is 19.4 Å². The highest BCUT2D eigenvalue weighted by Crippen LogP contribution is 2.03. The molecule has 1 unspecified atom stereocenters. The van der Waals surface area contributed by atoms with E-state index in [1.54, 1.807) is 0 Å². The van der Waals surface area contributed by atoms with E-state index in [0.29, 0.717) is 19.1 Å². The molecule has 0 heterocycles. The molecule has 0 bridgehead atoms. The summed E-state index contributed by atoms with van der Waals surface area (Å²) < 4.78 is 10.1. The Kier molecular flexibility index (Phi) is 8.08. The SMILES string of the molecule is CC(C)COC(=O)C(O)CC(=S)OCC(C)C. The third-order valence-corrected chi connectivity index (χ3v) is 2.05. The number of rotatable bonds is 7. The zero-order chi connectivity index (χ0) is 13.4. The van der Waals surface area contributed by atoms with E-state index >= 15 is 0 Å². The highest BCUT2D eigenvalue weighted by Gasteiger charge is 2.19. The van der Waals surface area contributed by atoms with Crippen molar-refractivity contribution in [2.24, 2.45) is 11.8 Å². The number of ether oxygens (including phenoxy) is 2. The lowest BCUT2D eigenvalue weighted by molar-refractivity contribution is -0.154. The van der Waals surface area contributed by atoms with Gasteiger partial charge in [0.15, 0.2) is 11.2 Å². The van der Waals surface area contributed by atoms with Gasteiger partial charge in [-0.3, -0.25) is 0 Å². The maximum atomic E-state index is 11.3. The van der Waals surface area contributed by atoms with E-state index in [1.807, 2.05) is 27.7 Å². The molecule has 4 nitrogen and oxygen atoms in total. The highest BCUT2D eigenvalue weighted by atomic mass is 32.1. The first kappa shape index (κ1) is 16.3. The molecule has 0 spiro atoms. The minimum absolute atomic E-state index is 0.0129. The van der Waals surface area contributed by atoms with Crippen LogP contribution in [0.2, 0.25) is 0 Å². The topological polar surface area (TPSA) is 55.8 Å². The molecule has 0 aliphatic rings. The predicted molar refractivity (Wildman–Crippen MR) is 69.8 cm³/mol. The number of carbonyl (C=O) groups excluding carboxylic acids is 1. The molecule has 0 saturated carbocycles. The molecule has 0 aliphatic heterocycles. The summed E-state index contributed by atoms with van der Waals surface area (Å²) >= 11 is 4.91. The van der Waals surface area contributed by atoms with Gasteiger partial charge in [0.25, 0.3) is 0 Å². The fraction of sp³-hybridized carbons (Fsp3) is 0.833. The Bertz CT molecular complexity index is 251. The van der Waals surface area contributed by atoms with Crippen LogP contribution < -0.4 is 0 Å². The Hall–Kier alpha value is -0.680. The summed E-state index contributed by atoms with van der Waals surface area (Å²) in [6.07, 6.45) is -1.22. The number of esters is 1. The maximum Gasteiger partial charge on any atom is 0.335 e. The van der Waals surface area contributed by atoms with Gasteiger partial charge in [-0.15, -0.1) is 0 Å². The molecule has 0 saturated heterocycles. The van der Waals surface area contributed by atoms with Crippen LogP contribution in [-0.2, 0) is 14.3 Å². The van der Waals surface area contributed by atoms with Crippen LogP contribution in [0.4, 0.5) is 0 Å². The molecule has 0 radical (unpaired) electrons. The number of thiocarbonyl (C=S) groups is 1. The minimum Gasteiger partial charge on any atom is -0.487 e. The summed E-state index contributed by atoms with van der Waals surface area (Å²) in [7, 11) is 0. The van der Waals surface area contributed by atoms with Crippen molar-refractivity contribution in [3.8, 4) is 0 Å². The molecule has 0 fully saturated rings. The number of aliphatic hydroxyl groups excluding tert-OH is 1. The second-order valence-electron chi connectivity index (χ2n) is 4.82. The van der Waals surface area contributed by atoms with Crippen molar-refractivity contribution in [1.82, 2.24) is 0 Å². The number of hydrogen-bond donors (Lipinski definition) is 1. The molecule has 0 aromatic heterocycles. The van der Waals surface area contributed by atoms with E-state index in [4.69, 9.17) is 21.7 Å². The smallest absolute Gasteiger partial charge is 0.335 e. The fourth-order valence-electron chi connectivity index (χ4n) is 0.905. The van der Waals surface area contributed by atoms with Crippen LogP contribution in [0.5, 0.6) is 0 Å². The number of hydrogen-bond acceptors (Lipinski definition) is 5. The Morgan fingerprint density at radius 2 is 1.59 bits per heavy atom. The van der Waals surface area contributed by atoms with Gasteiger partial charge in [0, 0.05) is 0 Å². The molecule has 0 aromatic carbocycles. The average Bonchev–Trinajstić information content (AvgIpc) is 2.22. The maximum absolute atomic E-state index is 11.3. The van der Waals surface area contributed by atoms with Gasteiger partial charge < -0.3 is 14.6 Å². The third-order valence-electron chi connectivity index (χ3n) is 1.77. The Labute approximate surface area is 108 Å². The molecule has 0 rings (SSSR count). The largest absolute Gasteiger partial charge is 0.487 e. The van der Waals surface area contributed by atoms with Crippen LogP contribution in [0.25, 0.3) is 0 Å². The summed E-state index contributed by atoms with van der Waals surface area (Å²) in [6.45, 7) is 8.64. The Morgan fingerprint density at radius 1 is 1.12 bits per heavy atom. The van der Waals surface area contributed by atoms with E-state index < -0.39 is 12.1 Å².